The summed E-state index contributed by atoms with van der Waals surface area (Å²) in [5, 5.41) is 3.26. The van der Waals surface area contributed by atoms with E-state index >= 15 is 0 Å². The fraction of sp³-hybridized carbons (Fsp3) is 0.316. The maximum atomic E-state index is 12.6. The molecule has 1 atom stereocenters. The Morgan fingerprint density at radius 1 is 1.18 bits per heavy atom. The molecule has 0 aromatic heterocycles. The Kier molecular flexibility index (Phi) is 7.57. The lowest BCUT2D eigenvalue weighted by atomic mass is 10.2. The number of hydrogen-bond donors (Lipinski definition) is 1. The van der Waals surface area contributed by atoms with Gasteiger partial charge in [-0.15, -0.1) is 0 Å². The summed E-state index contributed by atoms with van der Waals surface area (Å²) < 4.78 is 31.1. The van der Waals surface area contributed by atoms with Gasteiger partial charge in [-0.05, 0) is 49.7 Å². The zero-order chi connectivity index (χ0) is 20.9. The van der Waals surface area contributed by atoms with Gasteiger partial charge >= 0.3 is 0 Å². The van der Waals surface area contributed by atoms with Crippen molar-refractivity contribution < 1.29 is 17.9 Å². The fourth-order valence-electron chi connectivity index (χ4n) is 2.68. The number of halogens is 2. The number of benzene rings is 2. The molecule has 0 aliphatic heterocycles. The lowest BCUT2D eigenvalue weighted by molar-refractivity contribution is -0.122. The van der Waals surface area contributed by atoms with Crippen molar-refractivity contribution in [3.8, 4) is 5.75 Å². The second-order valence-corrected chi connectivity index (χ2v) is 8.81. The normalized spacial score (nSPS) is 12.3. The number of hydrogen-bond acceptors (Lipinski definition) is 4. The highest BCUT2D eigenvalue weighted by molar-refractivity contribution is 7.92. The summed E-state index contributed by atoms with van der Waals surface area (Å²) in [7, 11) is -3.74. The van der Waals surface area contributed by atoms with Crippen molar-refractivity contribution in [2.75, 3.05) is 17.2 Å². The minimum atomic E-state index is -3.74. The Bertz CT molecular complexity index is 951. The minimum Gasteiger partial charge on any atom is -0.494 e. The predicted octanol–water partition coefficient (Wildman–Crippen LogP) is 3.86. The number of rotatable bonds is 8. The summed E-state index contributed by atoms with van der Waals surface area (Å²) in [5.41, 5.74) is 1.10. The first-order valence-corrected chi connectivity index (χ1v) is 11.2. The second kappa shape index (κ2) is 9.49. The molecule has 0 radical (unpaired) electrons. The van der Waals surface area contributed by atoms with Crippen molar-refractivity contribution in [3.63, 3.8) is 0 Å². The van der Waals surface area contributed by atoms with Crippen LogP contribution in [-0.4, -0.2) is 33.2 Å². The lowest BCUT2D eigenvalue weighted by Gasteiger charge is -2.28. The fourth-order valence-corrected chi connectivity index (χ4v) is 4.14. The van der Waals surface area contributed by atoms with Gasteiger partial charge in [0, 0.05) is 6.54 Å². The maximum Gasteiger partial charge on any atom is 0.243 e. The molecule has 0 heterocycles. The molecule has 2 aromatic carbocycles. The summed E-state index contributed by atoms with van der Waals surface area (Å²) in [6.07, 6.45) is 1.03. The molecule has 1 N–H and O–H groups in total. The van der Waals surface area contributed by atoms with Gasteiger partial charge in [0.15, 0.2) is 0 Å². The molecular weight excluding hydrogens is 423 g/mol. The Balaban J connectivity index is 2.17. The number of anilines is 1. The van der Waals surface area contributed by atoms with E-state index in [1.165, 1.54) is 25.1 Å². The number of sulfonamides is 1. The first-order valence-electron chi connectivity index (χ1n) is 8.57. The standard InChI is InChI=1S/C19H22Cl2N2O4S/c1-4-27-16-7-5-6-14(10-16)12-22-19(24)13(2)23(28(3,25)26)15-8-9-17(20)18(21)11-15/h5-11,13H,4,12H2,1-3H3,(H,22,24). The molecule has 0 aliphatic rings. The molecule has 28 heavy (non-hydrogen) atoms. The number of ether oxygens (including phenoxy) is 1. The molecule has 0 bridgehead atoms. The highest BCUT2D eigenvalue weighted by atomic mass is 35.5. The molecule has 0 aliphatic carbocycles. The van der Waals surface area contributed by atoms with Gasteiger partial charge in [0.1, 0.15) is 11.8 Å². The Hall–Kier alpha value is -1.96. The van der Waals surface area contributed by atoms with Crippen LogP contribution in [0.1, 0.15) is 19.4 Å². The Labute approximate surface area is 175 Å². The van der Waals surface area contributed by atoms with E-state index in [9.17, 15) is 13.2 Å². The van der Waals surface area contributed by atoms with Crippen molar-refractivity contribution >= 4 is 44.8 Å². The molecule has 1 unspecified atom stereocenters. The molecule has 0 saturated carbocycles. The third-order valence-electron chi connectivity index (χ3n) is 3.92. The van der Waals surface area contributed by atoms with E-state index in [-0.39, 0.29) is 17.3 Å². The molecular formula is C19H22Cl2N2O4S. The molecule has 152 valence electrons. The van der Waals surface area contributed by atoms with Gasteiger partial charge in [-0.25, -0.2) is 8.42 Å². The molecule has 1 amide bonds. The first kappa shape index (κ1) is 22.3. The van der Waals surface area contributed by atoms with Gasteiger partial charge in [0.2, 0.25) is 15.9 Å². The SMILES string of the molecule is CCOc1cccc(CNC(=O)C(C)N(c2ccc(Cl)c(Cl)c2)S(C)(=O)=O)c1. The van der Waals surface area contributed by atoms with Crippen molar-refractivity contribution in [2.24, 2.45) is 0 Å². The second-order valence-electron chi connectivity index (χ2n) is 6.13. The Morgan fingerprint density at radius 2 is 1.89 bits per heavy atom. The van der Waals surface area contributed by atoms with Crippen molar-refractivity contribution in [2.45, 2.75) is 26.4 Å². The van der Waals surface area contributed by atoms with Gasteiger partial charge in [0.25, 0.3) is 0 Å². The predicted molar refractivity (Wildman–Crippen MR) is 113 cm³/mol. The van der Waals surface area contributed by atoms with Crippen molar-refractivity contribution in [3.05, 3.63) is 58.1 Å². The zero-order valence-electron chi connectivity index (χ0n) is 15.8. The van der Waals surface area contributed by atoms with Crippen molar-refractivity contribution in [1.29, 1.82) is 0 Å². The Morgan fingerprint density at radius 3 is 2.50 bits per heavy atom. The molecule has 0 fully saturated rings. The van der Waals surface area contributed by atoms with Gasteiger partial charge in [-0.1, -0.05) is 35.3 Å². The van der Waals surface area contributed by atoms with E-state index in [2.05, 4.69) is 5.32 Å². The van der Waals surface area contributed by atoms with Crippen LogP contribution in [0, 0.1) is 0 Å². The van der Waals surface area contributed by atoms with Crippen LogP contribution >= 0.6 is 23.2 Å². The molecule has 0 saturated heterocycles. The van der Waals surface area contributed by atoms with Crippen LogP contribution < -0.4 is 14.4 Å². The zero-order valence-corrected chi connectivity index (χ0v) is 18.1. The number of amides is 1. The van der Waals surface area contributed by atoms with Gasteiger partial charge in [-0.2, -0.15) is 0 Å². The third-order valence-corrected chi connectivity index (χ3v) is 5.90. The highest BCUT2D eigenvalue weighted by Gasteiger charge is 2.29. The van der Waals surface area contributed by atoms with Gasteiger partial charge < -0.3 is 10.1 Å². The van der Waals surface area contributed by atoms with Crippen LogP contribution in [0.3, 0.4) is 0 Å². The van der Waals surface area contributed by atoms with Crippen LogP contribution in [0.25, 0.3) is 0 Å². The largest absolute Gasteiger partial charge is 0.494 e. The average molecular weight is 445 g/mol. The van der Waals surface area contributed by atoms with E-state index in [1.807, 2.05) is 31.2 Å². The van der Waals surface area contributed by atoms with E-state index in [4.69, 9.17) is 27.9 Å². The summed E-state index contributed by atoms with van der Waals surface area (Å²) in [4.78, 5) is 12.6. The summed E-state index contributed by atoms with van der Waals surface area (Å²) in [6.45, 7) is 4.18. The van der Waals surface area contributed by atoms with Crippen LogP contribution in [0.5, 0.6) is 5.75 Å². The molecule has 2 rings (SSSR count). The van der Waals surface area contributed by atoms with E-state index in [0.29, 0.717) is 17.4 Å². The average Bonchev–Trinajstić information content (AvgIpc) is 2.62. The number of carbonyl (C=O) groups excluding carboxylic acids is 1. The molecule has 2 aromatic rings. The smallest absolute Gasteiger partial charge is 0.243 e. The third kappa shape index (κ3) is 5.77. The maximum absolute atomic E-state index is 12.6. The monoisotopic (exact) mass is 444 g/mol. The highest BCUT2D eigenvalue weighted by Crippen LogP contribution is 2.29. The van der Waals surface area contributed by atoms with Gasteiger partial charge in [-0.3, -0.25) is 9.10 Å². The summed E-state index contributed by atoms with van der Waals surface area (Å²) in [5.74, 6) is 0.258. The van der Waals surface area contributed by atoms with Crippen molar-refractivity contribution in [1.82, 2.24) is 5.32 Å². The minimum absolute atomic E-state index is 0.202. The van der Waals surface area contributed by atoms with E-state index < -0.39 is 22.0 Å². The number of carbonyl (C=O) groups is 1. The van der Waals surface area contributed by atoms with Gasteiger partial charge in [0.05, 0.1) is 28.6 Å². The van der Waals surface area contributed by atoms with Crippen LogP contribution in [0.15, 0.2) is 42.5 Å². The summed E-state index contributed by atoms with van der Waals surface area (Å²) >= 11 is 11.9. The summed E-state index contributed by atoms with van der Waals surface area (Å²) in [6, 6.07) is 10.7. The molecule has 0 spiro atoms. The molecule has 9 heteroatoms. The van der Waals surface area contributed by atoms with Crippen LogP contribution in [0.4, 0.5) is 5.69 Å². The first-order chi connectivity index (χ1) is 13.1. The topological polar surface area (TPSA) is 75.7 Å². The van der Waals surface area contributed by atoms with E-state index in [1.54, 1.807) is 0 Å². The number of nitrogens with zero attached hydrogens (tertiary/aromatic N) is 1. The van der Waals surface area contributed by atoms with Crippen LogP contribution in [0.2, 0.25) is 10.0 Å². The van der Waals surface area contributed by atoms with Crippen LogP contribution in [-0.2, 0) is 21.4 Å². The number of nitrogens with one attached hydrogen (secondary N) is 1. The van der Waals surface area contributed by atoms with E-state index in [0.717, 1.165) is 16.1 Å². The lowest BCUT2D eigenvalue weighted by Crippen LogP contribution is -2.47. The quantitative estimate of drug-likeness (QED) is 0.670. The molecule has 6 nitrogen and oxygen atoms in total.